The van der Waals surface area contributed by atoms with E-state index in [0.717, 1.165) is 0 Å². The zero-order valence-electron chi connectivity index (χ0n) is 21.5. The molecule has 7 rings (SSSR count). The number of thioether (sulfide) groups is 4. The summed E-state index contributed by atoms with van der Waals surface area (Å²) in [6.07, 6.45) is 0. The van der Waals surface area contributed by atoms with Gasteiger partial charge in [-0.3, -0.25) is 0 Å². The molecule has 6 heteroatoms. The lowest BCUT2D eigenvalue weighted by atomic mass is 10.2. The Bertz CT molecular complexity index is 1450. The Morgan fingerprint density at radius 3 is 0.900 bits per heavy atom. The van der Waals surface area contributed by atoms with Crippen molar-refractivity contribution in [3.05, 3.63) is 156 Å². The second kappa shape index (κ2) is 12.1. The molecular weight excluding hydrogens is 569 g/mol. The van der Waals surface area contributed by atoms with Gasteiger partial charge in [0.05, 0.1) is 0 Å². The molecule has 0 aliphatic carbocycles. The zero-order valence-corrected chi connectivity index (χ0v) is 24.7. The van der Waals surface area contributed by atoms with Crippen LogP contribution < -0.4 is 0 Å². The van der Waals surface area contributed by atoms with E-state index in [4.69, 9.17) is 9.47 Å². The van der Waals surface area contributed by atoms with Crippen molar-refractivity contribution >= 4 is 47.0 Å². The zero-order chi connectivity index (χ0) is 26.7. The van der Waals surface area contributed by atoms with Gasteiger partial charge in [-0.1, -0.05) is 168 Å². The highest BCUT2D eigenvalue weighted by Crippen LogP contribution is 2.60. The van der Waals surface area contributed by atoms with Crippen molar-refractivity contribution in [2.24, 2.45) is 0 Å². The Hall–Kier alpha value is -2.58. The van der Waals surface area contributed by atoms with Gasteiger partial charge in [0, 0.05) is 19.6 Å². The third kappa shape index (κ3) is 5.62. The maximum absolute atomic E-state index is 6.87. The van der Waals surface area contributed by atoms with Crippen molar-refractivity contribution in [3.63, 3.8) is 0 Å². The van der Waals surface area contributed by atoms with E-state index in [2.05, 4.69) is 133 Å². The molecule has 3 unspecified atom stereocenters. The second-order valence-corrected chi connectivity index (χ2v) is 13.8. The molecule has 0 bridgehead atoms. The summed E-state index contributed by atoms with van der Waals surface area (Å²) < 4.78 is 13.7. The fraction of sp³-hybridized carbons (Fsp3) is 0.118. The highest BCUT2D eigenvalue weighted by molar-refractivity contribution is 8.05. The van der Waals surface area contributed by atoms with Gasteiger partial charge in [0.2, 0.25) is 0 Å². The van der Waals surface area contributed by atoms with E-state index >= 15 is 0 Å². The largest absolute Gasteiger partial charge is 0.343 e. The number of hydrogen-bond donors (Lipinski definition) is 0. The monoisotopic (exact) mass is 594 g/mol. The maximum atomic E-state index is 6.87. The minimum absolute atomic E-state index is 0.111. The Morgan fingerprint density at radius 2 is 0.600 bits per heavy atom. The van der Waals surface area contributed by atoms with Crippen molar-refractivity contribution < 1.29 is 9.47 Å². The molecule has 0 saturated heterocycles. The highest BCUT2D eigenvalue weighted by Gasteiger charge is 2.34. The maximum Gasteiger partial charge on any atom is 0.134 e. The molecule has 2 aliphatic rings. The lowest BCUT2D eigenvalue weighted by Crippen LogP contribution is -2.04. The molecule has 2 heterocycles. The Morgan fingerprint density at radius 1 is 0.325 bits per heavy atom. The minimum Gasteiger partial charge on any atom is -0.343 e. The summed E-state index contributed by atoms with van der Waals surface area (Å²) in [5.41, 5.74) is 4.19. The summed E-state index contributed by atoms with van der Waals surface area (Å²) in [6, 6.07) is 46.8. The number of hydrogen-bond acceptors (Lipinski definition) is 6. The van der Waals surface area contributed by atoms with Crippen molar-refractivity contribution in [3.8, 4) is 0 Å². The van der Waals surface area contributed by atoms with Gasteiger partial charge in [-0.2, -0.15) is 0 Å². The fourth-order valence-corrected chi connectivity index (χ4v) is 10.1. The summed E-state index contributed by atoms with van der Waals surface area (Å²) in [6.45, 7) is 0. The van der Waals surface area contributed by atoms with Crippen LogP contribution in [-0.4, -0.2) is 0 Å². The second-order valence-electron chi connectivity index (χ2n) is 9.43. The van der Waals surface area contributed by atoms with Crippen LogP contribution in [0.1, 0.15) is 44.0 Å². The third-order valence-corrected chi connectivity index (χ3v) is 12.0. The summed E-state index contributed by atoms with van der Waals surface area (Å²) in [7, 11) is 0. The summed E-state index contributed by atoms with van der Waals surface area (Å²) in [4.78, 5) is 5.03. The fourth-order valence-electron chi connectivity index (χ4n) is 4.74. The topological polar surface area (TPSA) is 18.5 Å². The SMILES string of the molecule is c1ccc(C2OC(c3ccccc3)Sc3c(ccc4c3S[C@@H](c3ccccc3)OC(c3ccccc3)S4)S2)cc1. The van der Waals surface area contributed by atoms with Gasteiger partial charge in [-0.15, -0.1) is 0 Å². The van der Waals surface area contributed by atoms with Gasteiger partial charge in [0.15, 0.2) is 0 Å². The number of fused-ring (bicyclic) bond motifs is 3. The first-order valence-corrected chi connectivity index (χ1v) is 16.7. The first-order chi connectivity index (χ1) is 19.8. The molecule has 5 aromatic rings. The first-order valence-electron chi connectivity index (χ1n) is 13.2. The minimum atomic E-state index is -0.137. The molecule has 0 saturated carbocycles. The normalized spacial score (nSPS) is 22.4. The molecule has 0 aromatic heterocycles. The van der Waals surface area contributed by atoms with Crippen LogP contribution in [0.25, 0.3) is 0 Å². The third-order valence-electron chi connectivity index (χ3n) is 6.74. The van der Waals surface area contributed by atoms with Gasteiger partial charge < -0.3 is 9.47 Å². The lowest BCUT2D eigenvalue weighted by Gasteiger charge is -2.22. The van der Waals surface area contributed by atoms with Crippen LogP contribution in [0.5, 0.6) is 0 Å². The van der Waals surface area contributed by atoms with Crippen LogP contribution in [0.2, 0.25) is 0 Å². The molecule has 4 atom stereocenters. The molecule has 40 heavy (non-hydrogen) atoms. The molecule has 2 aliphatic heterocycles. The van der Waals surface area contributed by atoms with E-state index in [-0.39, 0.29) is 21.7 Å². The van der Waals surface area contributed by atoms with Gasteiger partial charge in [-0.05, 0) is 34.4 Å². The van der Waals surface area contributed by atoms with Crippen molar-refractivity contribution in [2.45, 2.75) is 41.3 Å². The first kappa shape index (κ1) is 26.3. The predicted molar refractivity (Wildman–Crippen MR) is 169 cm³/mol. The molecule has 198 valence electrons. The van der Waals surface area contributed by atoms with Gasteiger partial charge in [-0.25, -0.2) is 0 Å². The molecule has 0 amide bonds. The van der Waals surface area contributed by atoms with E-state index in [9.17, 15) is 0 Å². The van der Waals surface area contributed by atoms with Gasteiger partial charge >= 0.3 is 0 Å². The smallest absolute Gasteiger partial charge is 0.134 e. The average Bonchev–Trinajstić information content (AvgIpc) is 3.36. The van der Waals surface area contributed by atoms with Crippen LogP contribution in [0, 0.1) is 0 Å². The van der Waals surface area contributed by atoms with Crippen molar-refractivity contribution in [2.75, 3.05) is 0 Å². The standard InChI is InChI=1S/C34H26O2S4/c1-5-13-23(14-6-1)31-35-33(25-17-9-3-10-18-25)39-29-27(37-31)21-22-28-30(29)40-34(26-19-11-4-12-20-26)36-32(38-28)24-15-7-2-8-16-24/h1-22,31-34H/t31?,32?,33-,34?/m0/s1. The van der Waals surface area contributed by atoms with Crippen LogP contribution in [0.3, 0.4) is 0 Å². The Kier molecular flexibility index (Phi) is 7.97. The highest BCUT2D eigenvalue weighted by atomic mass is 32.2. The summed E-state index contributed by atoms with van der Waals surface area (Å²) in [5, 5.41) is 0. The average molecular weight is 595 g/mol. The lowest BCUT2D eigenvalue weighted by molar-refractivity contribution is 0.0926. The van der Waals surface area contributed by atoms with E-state index in [1.807, 2.05) is 23.5 Å². The molecule has 0 radical (unpaired) electrons. The van der Waals surface area contributed by atoms with E-state index in [1.54, 1.807) is 23.5 Å². The van der Waals surface area contributed by atoms with E-state index in [0.29, 0.717) is 0 Å². The van der Waals surface area contributed by atoms with Crippen LogP contribution in [0.4, 0.5) is 0 Å². The predicted octanol–water partition coefficient (Wildman–Crippen LogP) is 10.9. The van der Waals surface area contributed by atoms with E-state index in [1.165, 1.54) is 41.8 Å². The van der Waals surface area contributed by atoms with Crippen LogP contribution >= 0.6 is 47.0 Å². The van der Waals surface area contributed by atoms with E-state index < -0.39 is 0 Å². The van der Waals surface area contributed by atoms with Crippen molar-refractivity contribution in [1.29, 1.82) is 0 Å². The molecular formula is C34H26O2S4. The quantitative estimate of drug-likeness (QED) is 0.205. The van der Waals surface area contributed by atoms with Gasteiger partial charge in [0.25, 0.3) is 0 Å². The Labute approximate surface area is 252 Å². The molecule has 2 nitrogen and oxygen atoms in total. The Balaban J connectivity index is 1.35. The number of ether oxygens (including phenoxy) is 2. The van der Waals surface area contributed by atoms with Gasteiger partial charge in [0.1, 0.15) is 21.7 Å². The molecule has 0 N–H and O–H groups in total. The molecule has 0 fully saturated rings. The van der Waals surface area contributed by atoms with Crippen molar-refractivity contribution in [1.82, 2.24) is 0 Å². The molecule has 0 spiro atoms. The molecule has 5 aromatic carbocycles. The van der Waals surface area contributed by atoms with Crippen LogP contribution in [0.15, 0.2) is 153 Å². The summed E-state index contributed by atoms with van der Waals surface area (Å²) in [5.74, 6) is 0. The number of rotatable bonds is 4. The summed E-state index contributed by atoms with van der Waals surface area (Å²) >= 11 is 7.22. The van der Waals surface area contributed by atoms with Crippen LogP contribution in [-0.2, 0) is 9.47 Å². The number of benzene rings is 5.